The molecular weight excluding hydrogens is 302 g/mol. The average molecular weight is 323 g/mol. The van der Waals surface area contributed by atoms with E-state index in [1.807, 2.05) is 25.1 Å². The van der Waals surface area contributed by atoms with Gasteiger partial charge in [-0.25, -0.2) is 4.98 Å². The van der Waals surface area contributed by atoms with E-state index in [0.29, 0.717) is 0 Å². The van der Waals surface area contributed by atoms with Gasteiger partial charge in [-0.05, 0) is 35.6 Å². The maximum Gasteiger partial charge on any atom is 0.204 e. The van der Waals surface area contributed by atoms with Gasteiger partial charge in [-0.15, -0.1) is 0 Å². The minimum Gasteiger partial charge on any atom is -0.252 e. The maximum atomic E-state index is 4.53. The highest BCUT2D eigenvalue weighted by Gasteiger charge is 2.13. The molecule has 0 amide bonds. The van der Waals surface area contributed by atoms with E-state index in [-0.39, 0.29) is 5.41 Å². The number of aromatic nitrogens is 1. The highest BCUT2D eigenvalue weighted by molar-refractivity contribution is 7.22. The van der Waals surface area contributed by atoms with Crippen LogP contribution >= 0.6 is 11.3 Å². The number of thiazole rings is 1. The molecule has 2 aromatic carbocycles. The molecule has 1 N–H and O–H groups in total. The molecule has 23 heavy (non-hydrogen) atoms. The zero-order valence-corrected chi connectivity index (χ0v) is 14.7. The summed E-state index contributed by atoms with van der Waals surface area (Å²) in [6, 6.07) is 16.7. The molecule has 118 valence electrons. The lowest BCUT2D eigenvalue weighted by Crippen LogP contribution is -2.11. The van der Waals surface area contributed by atoms with Crippen molar-refractivity contribution in [2.24, 2.45) is 5.10 Å². The predicted molar refractivity (Wildman–Crippen MR) is 101 cm³/mol. The van der Waals surface area contributed by atoms with Crippen molar-refractivity contribution in [1.29, 1.82) is 0 Å². The van der Waals surface area contributed by atoms with Crippen molar-refractivity contribution in [3.63, 3.8) is 0 Å². The van der Waals surface area contributed by atoms with E-state index in [4.69, 9.17) is 0 Å². The maximum absolute atomic E-state index is 4.53. The smallest absolute Gasteiger partial charge is 0.204 e. The topological polar surface area (TPSA) is 37.3 Å². The van der Waals surface area contributed by atoms with Gasteiger partial charge in [-0.2, -0.15) is 5.10 Å². The van der Waals surface area contributed by atoms with Crippen LogP contribution in [0.15, 0.2) is 53.6 Å². The Labute approximate surface area is 141 Å². The van der Waals surface area contributed by atoms with Crippen molar-refractivity contribution in [3.8, 4) is 0 Å². The molecule has 1 aromatic heterocycles. The molecule has 0 atom stereocenters. The van der Waals surface area contributed by atoms with E-state index in [0.717, 1.165) is 26.6 Å². The first-order valence-electron chi connectivity index (χ1n) is 7.70. The first-order chi connectivity index (χ1) is 10.9. The van der Waals surface area contributed by atoms with Gasteiger partial charge in [0.1, 0.15) is 0 Å². The Morgan fingerprint density at radius 2 is 1.74 bits per heavy atom. The second-order valence-electron chi connectivity index (χ2n) is 6.62. The van der Waals surface area contributed by atoms with Gasteiger partial charge < -0.3 is 0 Å². The molecule has 0 aliphatic carbocycles. The zero-order chi connectivity index (χ0) is 16.4. The summed E-state index contributed by atoms with van der Waals surface area (Å²) in [5.41, 5.74) is 7.64. The van der Waals surface area contributed by atoms with Gasteiger partial charge in [0.05, 0.1) is 15.9 Å². The predicted octanol–water partition coefficient (Wildman–Crippen LogP) is 5.43. The first kappa shape index (κ1) is 15.7. The molecule has 0 aliphatic rings. The van der Waals surface area contributed by atoms with Crippen molar-refractivity contribution >= 4 is 32.4 Å². The normalized spacial score (nSPS) is 12.6. The number of benzene rings is 2. The SMILES string of the molecule is C/C(=N\Nc1nc2ccccc2s1)c1ccc(C(C)(C)C)cc1. The van der Waals surface area contributed by atoms with Crippen LogP contribution in [-0.4, -0.2) is 10.7 Å². The lowest BCUT2D eigenvalue weighted by atomic mass is 9.86. The van der Waals surface area contributed by atoms with Gasteiger partial charge in [0.25, 0.3) is 0 Å². The summed E-state index contributed by atoms with van der Waals surface area (Å²) in [7, 11) is 0. The number of nitrogens with zero attached hydrogens (tertiary/aromatic N) is 2. The number of rotatable bonds is 3. The Kier molecular flexibility index (Phi) is 4.18. The van der Waals surface area contributed by atoms with E-state index in [1.54, 1.807) is 11.3 Å². The monoisotopic (exact) mass is 323 g/mol. The Bertz CT molecular complexity index is 806. The Morgan fingerprint density at radius 1 is 1.04 bits per heavy atom. The van der Waals surface area contributed by atoms with Crippen molar-refractivity contribution in [1.82, 2.24) is 4.98 Å². The summed E-state index contributed by atoms with van der Waals surface area (Å²) < 4.78 is 1.16. The van der Waals surface area contributed by atoms with Crippen molar-refractivity contribution < 1.29 is 0 Å². The highest BCUT2D eigenvalue weighted by Crippen LogP contribution is 2.25. The Morgan fingerprint density at radius 3 is 2.39 bits per heavy atom. The summed E-state index contributed by atoms with van der Waals surface area (Å²) >= 11 is 1.61. The summed E-state index contributed by atoms with van der Waals surface area (Å²) in [6.07, 6.45) is 0. The number of hydrogen-bond acceptors (Lipinski definition) is 4. The minimum absolute atomic E-state index is 0.169. The number of para-hydroxylation sites is 1. The second-order valence-corrected chi connectivity index (χ2v) is 7.65. The van der Waals surface area contributed by atoms with Crippen LogP contribution in [0.2, 0.25) is 0 Å². The third-order valence-electron chi connectivity index (χ3n) is 3.78. The third kappa shape index (κ3) is 3.59. The fraction of sp³-hybridized carbons (Fsp3) is 0.263. The quantitative estimate of drug-likeness (QED) is 0.515. The zero-order valence-electron chi connectivity index (χ0n) is 13.9. The van der Waals surface area contributed by atoms with Gasteiger partial charge in [0, 0.05) is 0 Å². The van der Waals surface area contributed by atoms with Crippen LogP contribution < -0.4 is 5.43 Å². The number of hydrazone groups is 1. The van der Waals surface area contributed by atoms with Crippen LogP contribution in [0, 0.1) is 0 Å². The van der Waals surface area contributed by atoms with E-state index in [9.17, 15) is 0 Å². The van der Waals surface area contributed by atoms with Crippen molar-refractivity contribution in [3.05, 3.63) is 59.7 Å². The first-order valence-corrected chi connectivity index (χ1v) is 8.52. The molecule has 0 spiro atoms. The lowest BCUT2D eigenvalue weighted by Gasteiger charge is -2.19. The minimum atomic E-state index is 0.169. The van der Waals surface area contributed by atoms with Gasteiger partial charge >= 0.3 is 0 Å². The van der Waals surface area contributed by atoms with Crippen LogP contribution in [0.1, 0.15) is 38.8 Å². The van der Waals surface area contributed by atoms with Gasteiger partial charge in [0.15, 0.2) is 0 Å². The number of nitrogens with one attached hydrogen (secondary N) is 1. The van der Waals surface area contributed by atoms with Crippen LogP contribution in [-0.2, 0) is 5.41 Å². The molecule has 4 heteroatoms. The second kappa shape index (κ2) is 6.13. The van der Waals surface area contributed by atoms with Crippen LogP contribution in [0.3, 0.4) is 0 Å². The van der Waals surface area contributed by atoms with Gasteiger partial charge in [0.2, 0.25) is 5.13 Å². The molecule has 0 bridgehead atoms. The van der Waals surface area contributed by atoms with Crippen molar-refractivity contribution in [2.45, 2.75) is 33.1 Å². The molecule has 3 aromatic rings. The van der Waals surface area contributed by atoms with Crippen LogP contribution in [0.4, 0.5) is 5.13 Å². The molecule has 0 fully saturated rings. The lowest BCUT2D eigenvalue weighted by molar-refractivity contribution is 0.590. The summed E-state index contributed by atoms with van der Waals surface area (Å²) in [6.45, 7) is 8.67. The van der Waals surface area contributed by atoms with Gasteiger partial charge in [-0.1, -0.05) is 68.5 Å². The fourth-order valence-electron chi connectivity index (χ4n) is 2.33. The number of anilines is 1. The Balaban J connectivity index is 1.76. The Hall–Kier alpha value is -2.20. The average Bonchev–Trinajstić information content (AvgIpc) is 2.95. The largest absolute Gasteiger partial charge is 0.252 e. The molecule has 1 heterocycles. The summed E-state index contributed by atoms with van der Waals surface area (Å²) in [5, 5.41) is 5.28. The highest BCUT2D eigenvalue weighted by atomic mass is 32.1. The molecule has 0 unspecified atom stereocenters. The molecule has 3 nitrogen and oxygen atoms in total. The molecule has 0 saturated heterocycles. The van der Waals surface area contributed by atoms with Crippen LogP contribution in [0.25, 0.3) is 10.2 Å². The standard InChI is InChI=1S/C19H21N3S/c1-13(14-9-11-15(12-10-14)19(2,3)4)21-22-18-20-16-7-5-6-8-17(16)23-18/h5-12H,1-4H3,(H,20,22)/b21-13+. The number of hydrogen-bond donors (Lipinski definition) is 1. The molecule has 0 aliphatic heterocycles. The fourth-order valence-corrected chi connectivity index (χ4v) is 3.14. The third-order valence-corrected chi connectivity index (χ3v) is 4.72. The van der Waals surface area contributed by atoms with E-state index in [2.05, 4.69) is 66.6 Å². The van der Waals surface area contributed by atoms with E-state index >= 15 is 0 Å². The van der Waals surface area contributed by atoms with E-state index in [1.165, 1.54) is 5.56 Å². The summed E-state index contributed by atoms with van der Waals surface area (Å²) in [5.74, 6) is 0. The van der Waals surface area contributed by atoms with E-state index < -0.39 is 0 Å². The molecule has 0 radical (unpaired) electrons. The molecular formula is C19H21N3S. The van der Waals surface area contributed by atoms with Crippen LogP contribution in [0.5, 0.6) is 0 Å². The summed E-state index contributed by atoms with van der Waals surface area (Å²) in [4.78, 5) is 4.53. The molecule has 0 saturated carbocycles. The van der Waals surface area contributed by atoms with Gasteiger partial charge in [-0.3, -0.25) is 5.43 Å². The molecule has 3 rings (SSSR count). The van der Waals surface area contributed by atoms with Crippen molar-refractivity contribution in [2.75, 3.05) is 5.43 Å². The number of fused-ring (bicyclic) bond motifs is 1.